The van der Waals surface area contributed by atoms with Crippen LogP contribution in [0.5, 0.6) is 0 Å². The molecule has 3 nitrogen and oxygen atoms in total. The molecule has 20 heavy (non-hydrogen) atoms. The van der Waals surface area contributed by atoms with Gasteiger partial charge in [-0.15, -0.1) is 22.9 Å². The Hall–Kier alpha value is -0.880. The van der Waals surface area contributed by atoms with Gasteiger partial charge in [0.15, 0.2) is 0 Å². The predicted molar refractivity (Wildman–Crippen MR) is 83.7 cm³/mol. The summed E-state index contributed by atoms with van der Waals surface area (Å²) in [4.78, 5) is 0. The SMILES string of the molecule is Cc1cccc(CN(C)S(=O)(=O)c2cc(CCl)cs2)c1. The minimum absolute atomic E-state index is 0.327. The highest BCUT2D eigenvalue weighted by molar-refractivity contribution is 7.91. The number of hydrogen-bond acceptors (Lipinski definition) is 3. The van der Waals surface area contributed by atoms with Crippen molar-refractivity contribution in [1.29, 1.82) is 0 Å². The lowest BCUT2D eigenvalue weighted by molar-refractivity contribution is 0.468. The number of benzene rings is 1. The summed E-state index contributed by atoms with van der Waals surface area (Å²) in [5.41, 5.74) is 2.93. The number of halogens is 1. The predicted octanol–water partition coefficient (Wildman–Crippen LogP) is 3.62. The van der Waals surface area contributed by atoms with Gasteiger partial charge in [-0.3, -0.25) is 0 Å². The lowest BCUT2D eigenvalue weighted by Gasteiger charge is -2.16. The Morgan fingerprint density at radius 1 is 1.25 bits per heavy atom. The third kappa shape index (κ3) is 3.41. The Morgan fingerprint density at radius 2 is 2.00 bits per heavy atom. The number of thiophene rings is 1. The molecule has 1 aromatic heterocycles. The number of nitrogens with zero attached hydrogens (tertiary/aromatic N) is 1. The number of rotatable bonds is 5. The molecule has 1 aromatic carbocycles. The van der Waals surface area contributed by atoms with Crippen molar-refractivity contribution >= 4 is 33.0 Å². The van der Waals surface area contributed by atoms with Crippen LogP contribution in [0.2, 0.25) is 0 Å². The van der Waals surface area contributed by atoms with Gasteiger partial charge >= 0.3 is 0 Å². The molecule has 108 valence electrons. The smallest absolute Gasteiger partial charge is 0.206 e. The van der Waals surface area contributed by atoms with Gasteiger partial charge in [0.1, 0.15) is 4.21 Å². The molecule has 0 aliphatic carbocycles. The van der Waals surface area contributed by atoms with Crippen molar-refractivity contribution in [3.8, 4) is 0 Å². The Labute approximate surface area is 128 Å². The first-order chi connectivity index (χ1) is 9.43. The van der Waals surface area contributed by atoms with E-state index in [0.717, 1.165) is 16.7 Å². The molecule has 0 saturated carbocycles. The van der Waals surface area contributed by atoms with Crippen LogP contribution < -0.4 is 0 Å². The van der Waals surface area contributed by atoms with E-state index in [2.05, 4.69) is 0 Å². The second-order valence-electron chi connectivity index (χ2n) is 4.66. The average Bonchev–Trinajstić information content (AvgIpc) is 2.88. The van der Waals surface area contributed by atoms with Gasteiger partial charge in [0.2, 0.25) is 0 Å². The van der Waals surface area contributed by atoms with E-state index in [9.17, 15) is 8.42 Å². The molecule has 0 amide bonds. The maximum absolute atomic E-state index is 12.4. The summed E-state index contributed by atoms with van der Waals surface area (Å²) in [6, 6.07) is 9.48. The molecule has 0 radical (unpaired) electrons. The Morgan fingerprint density at radius 3 is 2.60 bits per heavy atom. The molecule has 0 bridgehead atoms. The molecular formula is C14H16ClNO2S2. The maximum Gasteiger partial charge on any atom is 0.252 e. The Kier molecular flexibility index (Phi) is 4.86. The van der Waals surface area contributed by atoms with Crippen molar-refractivity contribution in [2.45, 2.75) is 23.6 Å². The van der Waals surface area contributed by atoms with Crippen LogP contribution >= 0.6 is 22.9 Å². The standard InChI is InChI=1S/C14H16ClNO2S2/c1-11-4-3-5-12(6-11)9-16(2)20(17,18)14-7-13(8-15)10-19-14/h3-7,10H,8-9H2,1-2H3. The molecule has 0 atom stereocenters. The van der Waals surface area contributed by atoms with Crippen molar-refractivity contribution < 1.29 is 8.42 Å². The van der Waals surface area contributed by atoms with E-state index in [1.807, 2.05) is 31.2 Å². The van der Waals surface area contributed by atoms with Gasteiger partial charge in [-0.25, -0.2) is 8.42 Å². The molecule has 6 heteroatoms. The molecule has 0 fully saturated rings. The number of aryl methyl sites for hydroxylation is 1. The molecular weight excluding hydrogens is 314 g/mol. The lowest BCUT2D eigenvalue weighted by Crippen LogP contribution is -2.25. The van der Waals surface area contributed by atoms with Gasteiger partial charge in [0, 0.05) is 19.5 Å². The molecule has 2 aromatic rings. The zero-order valence-corrected chi connectivity index (χ0v) is 13.7. The minimum Gasteiger partial charge on any atom is -0.206 e. The van der Waals surface area contributed by atoms with E-state index in [0.29, 0.717) is 16.6 Å². The molecule has 0 N–H and O–H groups in total. The molecule has 0 aliphatic rings. The third-order valence-electron chi connectivity index (χ3n) is 2.94. The van der Waals surface area contributed by atoms with E-state index in [1.165, 1.54) is 15.6 Å². The monoisotopic (exact) mass is 329 g/mol. The van der Waals surface area contributed by atoms with Crippen molar-refractivity contribution in [2.24, 2.45) is 0 Å². The molecule has 2 rings (SSSR count). The summed E-state index contributed by atoms with van der Waals surface area (Å²) < 4.78 is 26.6. The van der Waals surface area contributed by atoms with E-state index >= 15 is 0 Å². The van der Waals surface area contributed by atoms with E-state index < -0.39 is 10.0 Å². The van der Waals surface area contributed by atoms with Crippen LogP contribution in [0.1, 0.15) is 16.7 Å². The molecule has 0 spiro atoms. The van der Waals surface area contributed by atoms with Crippen LogP contribution in [0.25, 0.3) is 0 Å². The van der Waals surface area contributed by atoms with Gasteiger partial charge in [0.05, 0.1) is 0 Å². The fourth-order valence-electron chi connectivity index (χ4n) is 1.86. The molecule has 0 aliphatic heterocycles. The van der Waals surface area contributed by atoms with Crippen LogP contribution in [-0.2, 0) is 22.4 Å². The number of sulfonamides is 1. The lowest BCUT2D eigenvalue weighted by atomic mass is 10.1. The highest BCUT2D eigenvalue weighted by atomic mass is 35.5. The number of hydrogen-bond donors (Lipinski definition) is 0. The topological polar surface area (TPSA) is 37.4 Å². The van der Waals surface area contributed by atoms with E-state index in [4.69, 9.17) is 11.6 Å². The van der Waals surface area contributed by atoms with Gasteiger partial charge in [0.25, 0.3) is 10.0 Å². The van der Waals surface area contributed by atoms with Gasteiger partial charge in [-0.2, -0.15) is 4.31 Å². The zero-order valence-electron chi connectivity index (χ0n) is 11.3. The quantitative estimate of drug-likeness (QED) is 0.786. The van der Waals surface area contributed by atoms with Crippen LogP contribution in [0.3, 0.4) is 0 Å². The summed E-state index contributed by atoms with van der Waals surface area (Å²) in [6.07, 6.45) is 0. The van der Waals surface area contributed by atoms with Crippen LogP contribution in [-0.4, -0.2) is 19.8 Å². The second kappa shape index (κ2) is 6.26. The van der Waals surface area contributed by atoms with Crippen molar-refractivity contribution in [1.82, 2.24) is 4.31 Å². The first-order valence-corrected chi connectivity index (χ1v) is 8.94. The molecule has 0 saturated heterocycles. The highest BCUT2D eigenvalue weighted by Gasteiger charge is 2.22. The minimum atomic E-state index is -3.45. The Balaban J connectivity index is 2.21. The van der Waals surface area contributed by atoms with Crippen molar-refractivity contribution in [3.05, 3.63) is 52.4 Å². The highest BCUT2D eigenvalue weighted by Crippen LogP contribution is 2.25. The van der Waals surface area contributed by atoms with Crippen molar-refractivity contribution in [3.63, 3.8) is 0 Å². The molecule has 1 heterocycles. The van der Waals surface area contributed by atoms with Crippen LogP contribution in [0, 0.1) is 6.92 Å². The van der Waals surface area contributed by atoms with Crippen LogP contribution in [0.15, 0.2) is 39.9 Å². The fourth-order valence-corrected chi connectivity index (χ4v) is 4.69. The zero-order chi connectivity index (χ0) is 14.8. The summed E-state index contributed by atoms with van der Waals surface area (Å²) >= 11 is 6.92. The van der Waals surface area contributed by atoms with E-state index in [1.54, 1.807) is 18.5 Å². The second-order valence-corrected chi connectivity index (χ2v) is 8.11. The molecule has 0 unspecified atom stereocenters. The van der Waals surface area contributed by atoms with Gasteiger partial charge < -0.3 is 0 Å². The van der Waals surface area contributed by atoms with Gasteiger partial charge in [-0.05, 0) is 29.5 Å². The van der Waals surface area contributed by atoms with E-state index in [-0.39, 0.29) is 0 Å². The first kappa shape index (κ1) is 15.5. The normalized spacial score (nSPS) is 12.0. The third-order valence-corrected chi connectivity index (χ3v) is 6.51. The fraction of sp³-hybridized carbons (Fsp3) is 0.286. The van der Waals surface area contributed by atoms with Crippen LogP contribution in [0.4, 0.5) is 0 Å². The summed E-state index contributed by atoms with van der Waals surface area (Å²) in [5, 5.41) is 1.78. The van der Waals surface area contributed by atoms with Crippen molar-refractivity contribution in [2.75, 3.05) is 7.05 Å². The summed E-state index contributed by atoms with van der Waals surface area (Å²) in [5.74, 6) is 0.327. The maximum atomic E-state index is 12.4. The summed E-state index contributed by atoms with van der Waals surface area (Å²) in [7, 11) is -1.85. The first-order valence-electron chi connectivity index (χ1n) is 6.09. The largest absolute Gasteiger partial charge is 0.252 e. The average molecular weight is 330 g/mol. The Bertz CT molecular complexity index is 695. The summed E-state index contributed by atoms with van der Waals surface area (Å²) in [6.45, 7) is 2.35. The van der Waals surface area contributed by atoms with Gasteiger partial charge in [-0.1, -0.05) is 29.8 Å². The number of alkyl halides is 1.